The summed E-state index contributed by atoms with van der Waals surface area (Å²) in [5.74, 6) is 0.456. The molecule has 0 atom stereocenters. The molecule has 0 fully saturated rings. The number of rotatable bonds is 2. The number of hydrogen-bond acceptors (Lipinski definition) is 2. The molecule has 2 nitrogen and oxygen atoms in total. The molecule has 0 aliphatic carbocycles. The molecule has 0 saturated carbocycles. The van der Waals surface area contributed by atoms with Crippen LogP contribution in [0.3, 0.4) is 0 Å². The van der Waals surface area contributed by atoms with E-state index in [2.05, 4.69) is 31.0 Å². The van der Waals surface area contributed by atoms with E-state index in [-0.39, 0.29) is 0 Å². The Balaban J connectivity index is 2.43. The molecule has 0 aliphatic heterocycles. The number of hydrogen-bond donors (Lipinski definition) is 1. The van der Waals surface area contributed by atoms with E-state index in [0.29, 0.717) is 5.92 Å². The Labute approximate surface area is 96.1 Å². The molecule has 0 unspecified atom stereocenters. The van der Waals surface area contributed by atoms with Crippen LogP contribution in [0.15, 0.2) is 42.6 Å². The van der Waals surface area contributed by atoms with E-state index in [0.717, 1.165) is 16.9 Å². The third kappa shape index (κ3) is 2.06. The number of benzene rings is 1. The summed E-state index contributed by atoms with van der Waals surface area (Å²) in [5, 5.41) is 0. The Morgan fingerprint density at radius 1 is 1.12 bits per heavy atom. The second kappa shape index (κ2) is 4.35. The van der Waals surface area contributed by atoms with E-state index >= 15 is 0 Å². The molecule has 0 radical (unpaired) electrons. The van der Waals surface area contributed by atoms with Crippen molar-refractivity contribution in [1.82, 2.24) is 4.98 Å². The van der Waals surface area contributed by atoms with Gasteiger partial charge >= 0.3 is 0 Å². The lowest BCUT2D eigenvalue weighted by Crippen LogP contribution is -1.96. The minimum Gasteiger partial charge on any atom is -0.398 e. The summed E-state index contributed by atoms with van der Waals surface area (Å²) in [6.45, 7) is 4.29. The minimum atomic E-state index is 0.456. The third-order valence-corrected chi connectivity index (χ3v) is 2.67. The van der Waals surface area contributed by atoms with Crippen LogP contribution in [-0.4, -0.2) is 4.98 Å². The van der Waals surface area contributed by atoms with Crippen LogP contribution in [-0.2, 0) is 0 Å². The number of nitrogen functional groups attached to an aromatic ring is 1. The van der Waals surface area contributed by atoms with Crippen molar-refractivity contribution in [1.29, 1.82) is 0 Å². The van der Waals surface area contributed by atoms with Gasteiger partial charge in [-0.25, -0.2) is 0 Å². The van der Waals surface area contributed by atoms with Crippen LogP contribution in [0.4, 0.5) is 5.69 Å². The van der Waals surface area contributed by atoms with Crippen LogP contribution in [0.1, 0.15) is 25.3 Å². The van der Waals surface area contributed by atoms with Crippen LogP contribution >= 0.6 is 0 Å². The monoisotopic (exact) mass is 212 g/mol. The summed E-state index contributed by atoms with van der Waals surface area (Å²) in [6.07, 6.45) is 1.79. The smallest absolute Gasteiger partial charge is 0.0702 e. The Hall–Kier alpha value is -1.83. The topological polar surface area (TPSA) is 38.9 Å². The normalized spacial score (nSPS) is 10.7. The molecular weight excluding hydrogens is 196 g/mol. The third-order valence-electron chi connectivity index (χ3n) is 2.67. The Bertz CT molecular complexity index is 475. The summed E-state index contributed by atoms with van der Waals surface area (Å²) in [6, 6.07) is 12.0. The molecule has 82 valence electrons. The quantitative estimate of drug-likeness (QED) is 0.774. The van der Waals surface area contributed by atoms with Crippen molar-refractivity contribution >= 4 is 5.69 Å². The average Bonchev–Trinajstić information content (AvgIpc) is 2.29. The maximum absolute atomic E-state index is 6.03. The van der Waals surface area contributed by atoms with Gasteiger partial charge < -0.3 is 5.73 Å². The molecule has 2 heteroatoms. The molecule has 1 aromatic heterocycles. The fourth-order valence-electron chi connectivity index (χ4n) is 1.79. The average molecular weight is 212 g/mol. The van der Waals surface area contributed by atoms with E-state index in [9.17, 15) is 0 Å². The van der Waals surface area contributed by atoms with Gasteiger partial charge in [0.15, 0.2) is 0 Å². The molecule has 0 aliphatic rings. The summed E-state index contributed by atoms with van der Waals surface area (Å²) in [4.78, 5) is 4.31. The van der Waals surface area contributed by atoms with Gasteiger partial charge in [0.05, 0.1) is 5.69 Å². The van der Waals surface area contributed by atoms with Crippen molar-refractivity contribution in [3.63, 3.8) is 0 Å². The van der Waals surface area contributed by atoms with Crippen molar-refractivity contribution in [2.45, 2.75) is 19.8 Å². The van der Waals surface area contributed by atoms with Gasteiger partial charge in [-0.15, -0.1) is 0 Å². The largest absolute Gasteiger partial charge is 0.398 e. The van der Waals surface area contributed by atoms with Crippen molar-refractivity contribution in [2.24, 2.45) is 0 Å². The van der Waals surface area contributed by atoms with Gasteiger partial charge in [0.1, 0.15) is 0 Å². The van der Waals surface area contributed by atoms with Gasteiger partial charge in [-0.3, -0.25) is 4.98 Å². The van der Waals surface area contributed by atoms with E-state index in [1.807, 2.05) is 24.3 Å². The maximum Gasteiger partial charge on any atom is 0.0702 e. The highest BCUT2D eigenvalue weighted by Gasteiger charge is 2.06. The number of pyridine rings is 1. The number of anilines is 1. The molecule has 0 saturated heterocycles. The second-order valence-corrected chi connectivity index (χ2v) is 4.21. The number of nitrogens with two attached hydrogens (primary N) is 1. The van der Waals surface area contributed by atoms with Crippen LogP contribution < -0.4 is 5.73 Å². The van der Waals surface area contributed by atoms with E-state index < -0.39 is 0 Å². The zero-order valence-electron chi connectivity index (χ0n) is 9.64. The first-order valence-corrected chi connectivity index (χ1v) is 5.49. The Morgan fingerprint density at radius 2 is 1.94 bits per heavy atom. The molecule has 2 rings (SSSR count). The lowest BCUT2D eigenvalue weighted by atomic mass is 9.98. The lowest BCUT2D eigenvalue weighted by Gasteiger charge is -2.10. The molecule has 2 N–H and O–H groups in total. The predicted octanol–water partition coefficient (Wildman–Crippen LogP) is 3.45. The van der Waals surface area contributed by atoms with Crippen molar-refractivity contribution in [3.05, 3.63) is 48.2 Å². The zero-order chi connectivity index (χ0) is 11.5. The van der Waals surface area contributed by atoms with Crippen LogP contribution in [0.2, 0.25) is 0 Å². The summed E-state index contributed by atoms with van der Waals surface area (Å²) in [5.41, 5.74) is 10.1. The van der Waals surface area contributed by atoms with Crippen LogP contribution in [0, 0.1) is 0 Å². The highest BCUT2D eigenvalue weighted by Crippen LogP contribution is 2.26. The fourth-order valence-corrected chi connectivity index (χ4v) is 1.79. The van der Waals surface area contributed by atoms with Gasteiger partial charge in [0.2, 0.25) is 0 Å². The van der Waals surface area contributed by atoms with Gasteiger partial charge in [-0.1, -0.05) is 32.0 Å². The Morgan fingerprint density at radius 3 is 2.50 bits per heavy atom. The number of nitrogens with zero attached hydrogens (tertiary/aromatic N) is 1. The molecule has 0 bridgehead atoms. The zero-order valence-corrected chi connectivity index (χ0v) is 9.64. The van der Waals surface area contributed by atoms with Crippen molar-refractivity contribution < 1.29 is 0 Å². The standard InChI is InChI=1S/C14H16N2/c1-10(2)12-7-6-11(9-13(12)15)14-5-3-4-8-16-14/h3-10H,15H2,1-2H3. The van der Waals surface area contributed by atoms with E-state index in [4.69, 9.17) is 5.73 Å². The van der Waals surface area contributed by atoms with Gasteiger partial charge in [-0.2, -0.15) is 0 Å². The lowest BCUT2D eigenvalue weighted by molar-refractivity contribution is 0.870. The van der Waals surface area contributed by atoms with E-state index in [1.54, 1.807) is 6.20 Å². The first-order chi connectivity index (χ1) is 7.68. The summed E-state index contributed by atoms with van der Waals surface area (Å²) < 4.78 is 0. The number of aromatic nitrogens is 1. The SMILES string of the molecule is CC(C)c1ccc(-c2ccccn2)cc1N. The first kappa shape index (κ1) is 10.7. The molecule has 2 aromatic rings. The van der Waals surface area contributed by atoms with Gasteiger partial charge in [0.25, 0.3) is 0 Å². The summed E-state index contributed by atoms with van der Waals surface area (Å²) >= 11 is 0. The van der Waals surface area contributed by atoms with Crippen molar-refractivity contribution in [3.8, 4) is 11.3 Å². The fraction of sp³-hybridized carbons (Fsp3) is 0.214. The highest BCUT2D eigenvalue weighted by molar-refractivity contribution is 5.66. The first-order valence-electron chi connectivity index (χ1n) is 5.49. The highest BCUT2D eigenvalue weighted by atomic mass is 14.7. The molecule has 0 amide bonds. The van der Waals surface area contributed by atoms with Crippen molar-refractivity contribution in [2.75, 3.05) is 5.73 Å². The summed E-state index contributed by atoms with van der Waals surface area (Å²) in [7, 11) is 0. The van der Waals surface area contributed by atoms with Crippen LogP contribution in [0.5, 0.6) is 0 Å². The minimum absolute atomic E-state index is 0.456. The van der Waals surface area contributed by atoms with E-state index in [1.165, 1.54) is 5.56 Å². The molecule has 1 heterocycles. The molecule has 1 aromatic carbocycles. The molecule has 16 heavy (non-hydrogen) atoms. The van der Waals surface area contributed by atoms with Crippen LogP contribution in [0.25, 0.3) is 11.3 Å². The molecule has 0 spiro atoms. The molecular formula is C14H16N2. The second-order valence-electron chi connectivity index (χ2n) is 4.21. The van der Waals surface area contributed by atoms with Gasteiger partial charge in [0, 0.05) is 17.4 Å². The van der Waals surface area contributed by atoms with Gasteiger partial charge in [-0.05, 0) is 29.7 Å². The maximum atomic E-state index is 6.03. The predicted molar refractivity (Wildman–Crippen MR) is 68.2 cm³/mol. The Kier molecular flexibility index (Phi) is 2.91.